The van der Waals surface area contributed by atoms with Gasteiger partial charge in [0.25, 0.3) is 21.6 Å². The van der Waals surface area contributed by atoms with Crippen LogP contribution in [0.5, 0.6) is 0 Å². The minimum Gasteiger partial charge on any atom is -0.379 e. The molecule has 0 spiro atoms. The number of nitrogens with zero attached hydrogens (tertiary/aromatic N) is 3. The fraction of sp³-hybridized carbons (Fsp3) is 0.219. The number of amides is 1. The van der Waals surface area contributed by atoms with Gasteiger partial charge in [0.1, 0.15) is 5.69 Å². The van der Waals surface area contributed by atoms with Crippen molar-refractivity contribution in [2.45, 2.75) is 21.6 Å². The van der Waals surface area contributed by atoms with E-state index in [9.17, 15) is 31.7 Å². The van der Waals surface area contributed by atoms with E-state index in [2.05, 4.69) is 5.32 Å². The lowest BCUT2D eigenvalue weighted by molar-refractivity contribution is -0.384. The maximum atomic E-state index is 13.0. The van der Waals surface area contributed by atoms with Crippen LogP contribution in [0.2, 0.25) is 0 Å². The maximum absolute atomic E-state index is 13.0. The van der Waals surface area contributed by atoms with Gasteiger partial charge in [-0.3, -0.25) is 14.9 Å². The molecule has 4 aromatic rings. The number of nitro groups is 1. The zero-order chi connectivity index (χ0) is 33.6. The fourth-order valence-corrected chi connectivity index (χ4v) is 8.17. The second-order valence-corrected chi connectivity index (χ2v) is 15.5. The molecule has 1 heterocycles. The van der Waals surface area contributed by atoms with Crippen molar-refractivity contribution in [2.75, 3.05) is 48.7 Å². The van der Waals surface area contributed by atoms with Crippen LogP contribution in [0.25, 0.3) is 0 Å². The second kappa shape index (κ2) is 14.5. The average Bonchev–Trinajstić information content (AvgIpc) is 3.07. The normalized spacial score (nSPS) is 14.0. The monoisotopic (exact) mass is 695 g/mol. The molecule has 0 aromatic heterocycles. The smallest absolute Gasteiger partial charge is 0.293 e. The summed E-state index contributed by atoms with van der Waals surface area (Å²) in [6.07, 6.45) is 0. The van der Waals surface area contributed by atoms with Crippen molar-refractivity contribution in [1.82, 2.24) is 9.03 Å². The van der Waals surface area contributed by atoms with E-state index in [-0.39, 0.29) is 29.2 Å². The van der Waals surface area contributed by atoms with Gasteiger partial charge in [0.15, 0.2) is 0 Å². The summed E-state index contributed by atoms with van der Waals surface area (Å²) >= 11 is 1.57. The van der Waals surface area contributed by atoms with E-state index in [4.69, 9.17) is 0 Å². The molecule has 1 fully saturated rings. The van der Waals surface area contributed by atoms with Gasteiger partial charge in [0.2, 0.25) is 10.0 Å². The first kappa shape index (κ1) is 33.9. The molecular weight excluding hydrogens is 663 g/mol. The quantitative estimate of drug-likeness (QED) is 0.0918. The van der Waals surface area contributed by atoms with Crippen LogP contribution >= 0.6 is 11.8 Å². The molecule has 0 radical (unpaired) electrons. The SMILES string of the molecule is Cc1ccc(S(=O)(=O)N2CCN(c3ccc(C(=O)NS(=O)(=O)c4ccc(NCCSc5ccccc5)c([N+](=O)[O-])c4)cc3)CC2)cc1. The number of anilines is 2. The topological polar surface area (TPSA) is 159 Å². The lowest BCUT2D eigenvalue weighted by atomic mass is 10.2. The van der Waals surface area contributed by atoms with E-state index in [1.807, 2.05) is 46.9 Å². The molecule has 47 heavy (non-hydrogen) atoms. The standard InChI is InChI=1S/C32H33N5O7S3/c1-24-7-13-28(14-8-24)47(43,44)36-20-18-35(19-21-36)26-11-9-25(10-12-26)32(38)34-46(41,42)29-15-16-30(31(23-29)37(39)40)33-17-22-45-27-5-3-2-4-6-27/h2-16,23,33H,17-22H2,1H3,(H,34,38). The number of carbonyl (C=O) groups excluding carboxylic acids is 1. The number of thioether (sulfide) groups is 1. The Morgan fingerprint density at radius 1 is 0.851 bits per heavy atom. The predicted octanol–water partition coefficient (Wildman–Crippen LogP) is 4.74. The van der Waals surface area contributed by atoms with E-state index in [0.717, 1.165) is 22.2 Å². The molecule has 5 rings (SSSR count). The Bertz CT molecular complexity index is 1950. The van der Waals surface area contributed by atoms with Gasteiger partial charge in [-0.25, -0.2) is 21.6 Å². The van der Waals surface area contributed by atoms with Gasteiger partial charge in [-0.15, -0.1) is 11.8 Å². The fourth-order valence-electron chi connectivity index (χ4n) is 4.96. The molecule has 1 amide bonds. The zero-order valence-electron chi connectivity index (χ0n) is 25.4. The van der Waals surface area contributed by atoms with Crippen molar-refractivity contribution < 1.29 is 26.6 Å². The lowest BCUT2D eigenvalue weighted by Crippen LogP contribution is -2.48. The number of hydrogen-bond donors (Lipinski definition) is 2. The molecule has 2 N–H and O–H groups in total. The summed E-state index contributed by atoms with van der Waals surface area (Å²) in [5.41, 5.74) is 1.53. The molecule has 0 saturated carbocycles. The molecule has 1 saturated heterocycles. The van der Waals surface area contributed by atoms with Gasteiger partial charge in [-0.1, -0.05) is 35.9 Å². The zero-order valence-corrected chi connectivity index (χ0v) is 27.9. The van der Waals surface area contributed by atoms with Crippen LogP contribution in [0.15, 0.2) is 112 Å². The maximum Gasteiger partial charge on any atom is 0.293 e. The number of piperazine rings is 1. The Kier molecular flexibility index (Phi) is 10.5. The third-order valence-electron chi connectivity index (χ3n) is 7.52. The third-order valence-corrected chi connectivity index (χ3v) is 11.8. The average molecular weight is 696 g/mol. The highest BCUT2D eigenvalue weighted by Gasteiger charge is 2.29. The first-order valence-corrected chi connectivity index (χ1v) is 18.5. The first-order chi connectivity index (χ1) is 22.4. The summed E-state index contributed by atoms with van der Waals surface area (Å²) in [4.78, 5) is 26.8. The number of hydrogen-bond acceptors (Lipinski definition) is 10. The highest BCUT2D eigenvalue weighted by molar-refractivity contribution is 7.99. The highest BCUT2D eigenvalue weighted by atomic mass is 32.2. The molecule has 1 aliphatic heterocycles. The van der Waals surface area contributed by atoms with Crippen LogP contribution < -0.4 is 14.9 Å². The summed E-state index contributed by atoms with van der Waals surface area (Å²) in [7, 11) is -8.04. The van der Waals surface area contributed by atoms with Crippen LogP contribution in [0.1, 0.15) is 15.9 Å². The predicted molar refractivity (Wildman–Crippen MR) is 182 cm³/mol. The van der Waals surface area contributed by atoms with Crippen LogP contribution in [0.3, 0.4) is 0 Å². The second-order valence-electron chi connectivity index (χ2n) is 10.7. The largest absolute Gasteiger partial charge is 0.379 e. The number of aryl methyl sites for hydroxylation is 1. The molecule has 1 aliphatic rings. The van der Waals surface area contributed by atoms with Crippen molar-refractivity contribution in [3.05, 3.63) is 118 Å². The van der Waals surface area contributed by atoms with Crippen LogP contribution in [-0.2, 0) is 20.0 Å². The van der Waals surface area contributed by atoms with Crippen molar-refractivity contribution in [2.24, 2.45) is 0 Å². The Morgan fingerprint density at radius 2 is 1.49 bits per heavy atom. The molecule has 0 unspecified atom stereocenters. The van der Waals surface area contributed by atoms with E-state index in [0.29, 0.717) is 25.4 Å². The summed E-state index contributed by atoms with van der Waals surface area (Å²) in [6, 6.07) is 26.1. The van der Waals surface area contributed by atoms with E-state index in [1.54, 1.807) is 48.2 Å². The number of nitrogens with one attached hydrogen (secondary N) is 2. The Labute approximate surface area is 278 Å². The summed E-state index contributed by atoms with van der Waals surface area (Å²) in [5, 5.41) is 14.7. The minimum atomic E-state index is -4.43. The third kappa shape index (κ3) is 8.29. The highest BCUT2D eigenvalue weighted by Crippen LogP contribution is 2.28. The van der Waals surface area contributed by atoms with Gasteiger partial charge < -0.3 is 10.2 Å². The molecule has 0 bridgehead atoms. The van der Waals surface area contributed by atoms with Crippen LogP contribution in [0, 0.1) is 17.0 Å². The van der Waals surface area contributed by atoms with Gasteiger partial charge in [0, 0.05) is 60.7 Å². The Hall–Kier alpha value is -4.44. The summed E-state index contributed by atoms with van der Waals surface area (Å²) < 4.78 is 55.5. The Morgan fingerprint density at radius 3 is 2.13 bits per heavy atom. The van der Waals surface area contributed by atoms with E-state index >= 15 is 0 Å². The summed E-state index contributed by atoms with van der Waals surface area (Å²) in [5.74, 6) is -0.268. The minimum absolute atomic E-state index is 0.0709. The van der Waals surface area contributed by atoms with Crippen molar-refractivity contribution >= 4 is 54.8 Å². The van der Waals surface area contributed by atoms with Gasteiger partial charge >= 0.3 is 0 Å². The van der Waals surface area contributed by atoms with Gasteiger partial charge in [0.05, 0.1) is 14.7 Å². The van der Waals surface area contributed by atoms with Crippen LogP contribution in [-0.4, -0.2) is 70.4 Å². The first-order valence-electron chi connectivity index (χ1n) is 14.6. The Balaban J connectivity index is 1.18. The number of nitro benzene ring substituents is 1. The van der Waals surface area contributed by atoms with E-state index < -0.39 is 41.5 Å². The van der Waals surface area contributed by atoms with Crippen molar-refractivity contribution in [3.63, 3.8) is 0 Å². The molecule has 12 nitrogen and oxygen atoms in total. The molecular formula is C32H33N5O7S3. The van der Waals surface area contributed by atoms with E-state index in [1.165, 1.54) is 28.6 Å². The molecule has 4 aromatic carbocycles. The van der Waals surface area contributed by atoms with Crippen molar-refractivity contribution in [3.8, 4) is 0 Å². The number of benzene rings is 4. The number of carbonyl (C=O) groups is 1. The molecule has 15 heteroatoms. The molecule has 246 valence electrons. The van der Waals surface area contributed by atoms with Crippen molar-refractivity contribution in [1.29, 1.82) is 0 Å². The number of sulfonamides is 2. The van der Waals surface area contributed by atoms with Gasteiger partial charge in [-0.05, 0) is 67.6 Å². The molecule has 0 aliphatic carbocycles. The lowest BCUT2D eigenvalue weighted by Gasteiger charge is -2.35. The number of rotatable bonds is 12. The van der Waals surface area contributed by atoms with Gasteiger partial charge in [-0.2, -0.15) is 4.31 Å². The van der Waals surface area contributed by atoms with Crippen LogP contribution in [0.4, 0.5) is 17.1 Å². The summed E-state index contributed by atoms with van der Waals surface area (Å²) in [6.45, 7) is 3.72. The molecule has 0 atom stereocenters.